The fraction of sp³-hybridized carbons (Fsp3) is 0.957. The minimum atomic E-state index is -1.52. The molecule has 0 aliphatic heterocycles. The van der Waals surface area contributed by atoms with Crippen molar-refractivity contribution in [1.29, 1.82) is 0 Å². The summed E-state index contributed by atoms with van der Waals surface area (Å²) >= 11 is 0. The van der Waals surface area contributed by atoms with Gasteiger partial charge in [-0.25, -0.2) is 0 Å². The van der Waals surface area contributed by atoms with Crippen LogP contribution in [0.2, 0.25) is 0 Å². The van der Waals surface area contributed by atoms with Gasteiger partial charge in [0.05, 0.1) is 45.2 Å². The van der Waals surface area contributed by atoms with Crippen LogP contribution in [0.15, 0.2) is 0 Å². The molecule has 0 saturated heterocycles. The molecule has 0 aromatic carbocycles. The number of aliphatic hydroxyl groups excluding tert-OH is 3. The predicted molar refractivity (Wildman–Crippen MR) is 115 cm³/mol. The van der Waals surface area contributed by atoms with E-state index in [1.807, 2.05) is 21.1 Å². The number of hydrogen-bond acceptors (Lipinski definition) is 5. The molecular weight excluding hydrogens is 370 g/mol. The Morgan fingerprint density at radius 2 is 1.17 bits per heavy atom. The molecule has 4 unspecified atom stereocenters. The molecule has 0 bridgehead atoms. The van der Waals surface area contributed by atoms with Crippen molar-refractivity contribution < 1.29 is 29.7 Å². The number of nitrogens with zero attached hydrogens (tertiary/aromatic N) is 1. The Balaban J connectivity index is 3.96. The maximum Gasteiger partial charge on any atom is 0.113 e. The molecule has 0 aromatic rings. The second-order valence-electron chi connectivity index (χ2n) is 9.62. The van der Waals surface area contributed by atoms with E-state index in [2.05, 4.69) is 6.92 Å². The first-order valence-corrected chi connectivity index (χ1v) is 11.7. The van der Waals surface area contributed by atoms with Gasteiger partial charge in [0.25, 0.3) is 0 Å². The van der Waals surface area contributed by atoms with Crippen LogP contribution >= 0.6 is 0 Å². The Labute approximate surface area is 178 Å². The molecule has 0 saturated carbocycles. The van der Waals surface area contributed by atoms with Gasteiger partial charge in [-0.1, -0.05) is 84.0 Å². The number of aliphatic carboxylic acids is 1. The van der Waals surface area contributed by atoms with Gasteiger partial charge >= 0.3 is 0 Å². The summed E-state index contributed by atoms with van der Waals surface area (Å²) in [6, 6.07) is 0. The first-order chi connectivity index (χ1) is 13.6. The van der Waals surface area contributed by atoms with Crippen LogP contribution in [0, 0.1) is 5.92 Å². The van der Waals surface area contributed by atoms with Gasteiger partial charge in [0.2, 0.25) is 0 Å². The zero-order valence-corrected chi connectivity index (χ0v) is 19.3. The third kappa shape index (κ3) is 14.9. The van der Waals surface area contributed by atoms with Gasteiger partial charge in [0, 0.05) is 0 Å². The Morgan fingerprint density at radius 3 is 1.55 bits per heavy atom. The molecule has 0 amide bonds. The molecule has 0 aromatic heterocycles. The third-order valence-electron chi connectivity index (χ3n) is 5.54. The maximum absolute atomic E-state index is 11.4. The zero-order chi connectivity index (χ0) is 22.3. The van der Waals surface area contributed by atoms with Crippen LogP contribution in [0.5, 0.6) is 0 Å². The standard InChI is InChI=1S/C23H47NO5/c1-5-6-7-8-9-10-11-12-13-14-15-16-17-19(25)22(27)21(23(28)29)20(26)18-24(2,3)4/h19-22,25-27H,5-18H2,1-4H3. The zero-order valence-electron chi connectivity index (χ0n) is 19.3. The number of rotatable bonds is 19. The fourth-order valence-electron chi connectivity index (χ4n) is 3.80. The van der Waals surface area contributed by atoms with Crippen LogP contribution in [0.4, 0.5) is 0 Å². The number of quaternary nitrogens is 1. The molecule has 0 radical (unpaired) electrons. The van der Waals surface area contributed by atoms with Gasteiger partial charge in [-0.05, 0) is 6.42 Å². The molecular formula is C23H47NO5. The molecule has 0 rings (SSSR count). The smallest absolute Gasteiger partial charge is 0.113 e. The largest absolute Gasteiger partial charge is 0.550 e. The number of hydrogen-bond donors (Lipinski definition) is 3. The van der Waals surface area contributed by atoms with Gasteiger partial charge in [0.1, 0.15) is 12.6 Å². The molecule has 29 heavy (non-hydrogen) atoms. The minimum Gasteiger partial charge on any atom is -0.550 e. The average Bonchev–Trinajstić information content (AvgIpc) is 2.60. The van der Waals surface area contributed by atoms with Crippen molar-refractivity contribution in [2.24, 2.45) is 5.92 Å². The highest BCUT2D eigenvalue weighted by atomic mass is 16.4. The first-order valence-electron chi connectivity index (χ1n) is 11.7. The van der Waals surface area contributed by atoms with Crippen LogP contribution in [0.1, 0.15) is 90.4 Å². The summed E-state index contributed by atoms with van der Waals surface area (Å²) in [5.74, 6) is -3.01. The molecule has 3 N–H and O–H groups in total. The van der Waals surface area contributed by atoms with Crippen molar-refractivity contribution in [2.45, 2.75) is 109 Å². The van der Waals surface area contributed by atoms with Crippen molar-refractivity contribution in [3.8, 4) is 0 Å². The van der Waals surface area contributed by atoms with E-state index in [1.165, 1.54) is 57.8 Å². The Morgan fingerprint density at radius 1 is 0.759 bits per heavy atom. The van der Waals surface area contributed by atoms with Crippen LogP contribution in [-0.4, -0.2) is 71.8 Å². The van der Waals surface area contributed by atoms with Crippen LogP contribution < -0.4 is 5.11 Å². The maximum atomic E-state index is 11.4. The SMILES string of the molecule is CCCCCCCCCCCCCCC(O)C(O)C(C(=O)[O-])C(O)C[N+](C)(C)C. The summed E-state index contributed by atoms with van der Waals surface area (Å²) in [5.41, 5.74) is 0. The monoisotopic (exact) mass is 417 g/mol. The van der Waals surface area contributed by atoms with Crippen LogP contribution in [0.3, 0.4) is 0 Å². The Hall–Kier alpha value is -0.690. The topological polar surface area (TPSA) is 101 Å². The fourth-order valence-corrected chi connectivity index (χ4v) is 3.80. The van der Waals surface area contributed by atoms with Gasteiger partial charge in [-0.2, -0.15) is 0 Å². The quantitative estimate of drug-likeness (QED) is 0.221. The van der Waals surface area contributed by atoms with Crippen LogP contribution in [-0.2, 0) is 4.79 Å². The van der Waals surface area contributed by atoms with Gasteiger partial charge < -0.3 is 29.7 Å². The second-order valence-corrected chi connectivity index (χ2v) is 9.62. The second kappa shape index (κ2) is 16.1. The number of carbonyl (C=O) groups is 1. The Kier molecular flexibility index (Phi) is 15.7. The summed E-state index contributed by atoms with van der Waals surface area (Å²) in [4.78, 5) is 11.4. The van der Waals surface area contributed by atoms with Gasteiger partial charge in [0.15, 0.2) is 0 Å². The third-order valence-corrected chi connectivity index (χ3v) is 5.54. The van der Waals surface area contributed by atoms with Crippen molar-refractivity contribution in [3.05, 3.63) is 0 Å². The number of carbonyl (C=O) groups excluding carboxylic acids is 1. The number of likely N-dealkylation sites (N-methyl/N-ethyl adjacent to an activating group) is 1. The summed E-state index contributed by atoms with van der Waals surface area (Å²) in [6.45, 7) is 2.39. The summed E-state index contributed by atoms with van der Waals surface area (Å²) in [6.07, 6.45) is 10.9. The highest BCUT2D eigenvalue weighted by molar-refractivity contribution is 5.69. The van der Waals surface area contributed by atoms with E-state index < -0.39 is 30.2 Å². The lowest BCUT2D eigenvalue weighted by molar-refractivity contribution is -0.874. The molecule has 6 heteroatoms. The van der Waals surface area contributed by atoms with E-state index in [0.29, 0.717) is 10.9 Å². The lowest BCUT2D eigenvalue weighted by Gasteiger charge is -2.35. The lowest BCUT2D eigenvalue weighted by atomic mass is 9.89. The molecule has 0 aliphatic carbocycles. The molecule has 0 fully saturated rings. The molecule has 6 nitrogen and oxygen atoms in total. The van der Waals surface area contributed by atoms with E-state index in [-0.39, 0.29) is 6.54 Å². The number of carboxylic acids is 1. The van der Waals surface area contributed by atoms with E-state index in [4.69, 9.17) is 0 Å². The van der Waals surface area contributed by atoms with E-state index in [0.717, 1.165) is 19.3 Å². The summed E-state index contributed by atoms with van der Waals surface area (Å²) < 4.78 is 0.354. The number of aliphatic hydroxyl groups is 3. The Bertz CT molecular complexity index is 411. The minimum absolute atomic E-state index is 0.154. The predicted octanol–water partition coefficient (Wildman–Crippen LogP) is 2.23. The van der Waals surface area contributed by atoms with Crippen molar-refractivity contribution in [2.75, 3.05) is 27.7 Å². The molecule has 0 aliphatic rings. The van der Waals surface area contributed by atoms with E-state index in [1.54, 1.807) is 0 Å². The van der Waals surface area contributed by atoms with Crippen molar-refractivity contribution in [3.63, 3.8) is 0 Å². The average molecular weight is 418 g/mol. The van der Waals surface area contributed by atoms with Crippen molar-refractivity contribution in [1.82, 2.24) is 0 Å². The molecule has 0 heterocycles. The summed E-state index contributed by atoms with van der Waals surface area (Å²) in [7, 11) is 5.47. The highest BCUT2D eigenvalue weighted by Gasteiger charge is 2.35. The van der Waals surface area contributed by atoms with Crippen LogP contribution in [0.25, 0.3) is 0 Å². The van der Waals surface area contributed by atoms with Crippen molar-refractivity contribution >= 4 is 5.97 Å². The van der Waals surface area contributed by atoms with E-state index >= 15 is 0 Å². The van der Waals surface area contributed by atoms with Gasteiger partial charge in [-0.3, -0.25) is 0 Å². The highest BCUT2D eigenvalue weighted by Crippen LogP contribution is 2.19. The molecule has 4 atom stereocenters. The molecule has 0 spiro atoms. The van der Waals surface area contributed by atoms with Gasteiger partial charge in [-0.15, -0.1) is 0 Å². The first kappa shape index (κ1) is 28.3. The molecule has 174 valence electrons. The number of carboxylic acid groups (broad SMARTS) is 1. The lowest BCUT2D eigenvalue weighted by Crippen LogP contribution is -2.54. The number of unbranched alkanes of at least 4 members (excludes halogenated alkanes) is 11. The van der Waals surface area contributed by atoms with E-state index in [9.17, 15) is 25.2 Å². The summed E-state index contributed by atoms with van der Waals surface area (Å²) in [5, 5.41) is 42.0. The normalized spacial score (nSPS) is 16.4.